The van der Waals surface area contributed by atoms with Crippen LogP contribution in [0, 0.1) is 0 Å². The third-order valence-corrected chi connectivity index (χ3v) is 3.27. The van der Waals surface area contributed by atoms with Crippen molar-refractivity contribution in [2.24, 2.45) is 0 Å². The Kier molecular flexibility index (Phi) is 3.24. The van der Waals surface area contributed by atoms with E-state index in [1.807, 2.05) is 18.4 Å². The molecular weight excluding hydrogens is 253 g/mol. The molecule has 0 aliphatic rings. The van der Waals surface area contributed by atoms with Gasteiger partial charge in [-0.25, -0.2) is 0 Å². The molecule has 1 aromatic carbocycles. The molecule has 0 N–H and O–H groups in total. The second-order valence-electron chi connectivity index (χ2n) is 2.84. The monoisotopic (exact) mass is 259 g/mol. The van der Waals surface area contributed by atoms with Crippen molar-refractivity contribution in [2.45, 2.75) is 5.09 Å². The highest BCUT2D eigenvalue weighted by molar-refractivity contribution is 7.98. The van der Waals surface area contributed by atoms with E-state index < -0.39 is 0 Å². The molecule has 2 nitrogen and oxygen atoms in total. The highest BCUT2D eigenvalue weighted by atomic mass is 35.5. The fourth-order valence-electron chi connectivity index (χ4n) is 1.18. The highest BCUT2D eigenvalue weighted by Gasteiger charge is 2.14. The minimum Gasteiger partial charge on any atom is -0.348 e. The Labute approximate surface area is 102 Å². The average molecular weight is 260 g/mol. The Morgan fingerprint density at radius 1 is 1.20 bits per heavy atom. The van der Waals surface area contributed by atoms with Crippen LogP contribution < -0.4 is 0 Å². The van der Waals surface area contributed by atoms with E-state index >= 15 is 0 Å². The lowest BCUT2D eigenvalue weighted by molar-refractivity contribution is 0.352. The molecule has 15 heavy (non-hydrogen) atoms. The summed E-state index contributed by atoms with van der Waals surface area (Å²) in [7, 11) is 0. The zero-order valence-electron chi connectivity index (χ0n) is 7.83. The Hall–Kier alpha value is -0.640. The topological polar surface area (TPSA) is 26.0 Å². The van der Waals surface area contributed by atoms with Gasteiger partial charge in [0, 0.05) is 10.6 Å². The van der Waals surface area contributed by atoms with Crippen molar-refractivity contribution in [3.8, 4) is 11.3 Å². The summed E-state index contributed by atoms with van der Waals surface area (Å²) < 4.78 is 5.08. The number of nitrogens with zero attached hydrogens (tertiary/aromatic N) is 1. The van der Waals surface area contributed by atoms with E-state index in [4.69, 9.17) is 27.7 Å². The van der Waals surface area contributed by atoms with Crippen molar-refractivity contribution in [1.82, 2.24) is 5.16 Å². The van der Waals surface area contributed by atoms with Gasteiger partial charge in [0.25, 0.3) is 0 Å². The Bertz CT molecular complexity index is 467. The van der Waals surface area contributed by atoms with Gasteiger partial charge in [0.05, 0.1) is 0 Å². The number of halogens is 2. The molecule has 1 aromatic heterocycles. The number of rotatable bonds is 2. The van der Waals surface area contributed by atoms with Crippen molar-refractivity contribution >= 4 is 35.0 Å². The first-order valence-electron chi connectivity index (χ1n) is 4.17. The van der Waals surface area contributed by atoms with Crippen LogP contribution in [0.2, 0.25) is 10.0 Å². The van der Waals surface area contributed by atoms with Crippen LogP contribution in [0.1, 0.15) is 0 Å². The van der Waals surface area contributed by atoms with Crippen LogP contribution >= 0.6 is 35.0 Å². The van der Waals surface area contributed by atoms with Gasteiger partial charge < -0.3 is 4.52 Å². The van der Waals surface area contributed by atoms with Crippen LogP contribution in [0.25, 0.3) is 11.3 Å². The maximum Gasteiger partial charge on any atom is 0.212 e. The third kappa shape index (κ3) is 2.14. The van der Waals surface area contributed by atoms with Crippen LogP contribution in [-0.2, 0) is 0 Å². The fraction of sp³-hybridized carbons (Fsp3) is 0.100. The molecule has 0 unspecified atom stereocenters. The summed E-state index contributed by atoms with van der Waals surface area (Å²) in [6.45, 7) is 0. The number of aromatic nitrogens is 1. The summed E-state index contributed by atoms with van der Waals surface area (Å²) >= 11 is 13.3. The van der Waals surface area contributed by atoms with Crippen molar-refractivity contribution in [1.29, 1.82) is 0 Å². The van der Waals surface area contributed by atoms with Gasteiger partial charge in [0.2, 0.25) is 5.09 Å². The standard InChI is InChI=1S/C10H7Cl2NOS/c1-15-10-8(12)9(13-14-10)6-2-4-7(11)5-3-6/h2-5H,1H3. The minimum absolute atomic E-state index is 0.546. The molecule has 0 bridgehead atoms. The first-order chi connectivity index (χ1) is 7.22. The predicted octanol–water partition coefficient (Wildman–Crippen LogP) is 4.37. The molecule has 0 saturated heterocycles. The lowest BCUT2D eigenvalue weighted by Crippen LogP contribution is -1.77. The van der Waals surface area contributed by atoms with Crippen molar-refractivity contribution in [3.63, 3.8) is 0 Å². The van der Waals surface area contributed by atoms with Gasteiger partial charge in [0.1, 0.15) is 10.7 Å². The second-order valence-corrected chi connectivity index (χ2v) is 4.44. The lowest BCUT2D eigenvalue weighted by atomic mass is 10.2. The molecule has 0 spiro atoms. The first kappa shape index (κ1) is 10.9. The summed E-state index contributed by atoms with van der Waals surface area (Å²) in [4.78, 5) is 0. The summed E-state index contributed by atoms with van der Waals surface area (Å²) in [6.07, 6.45) is 1.89. The smallest absolute Gasteiger partial charge is 0.212 e. The molecule has 0 fully saturated rings. The van der Waals surface area contributed by atoms with E-state index in [2.05, 4.69) is 5.16 Å². The van der Waals surface area contributed by atoms with Gasteiger partial charge in [-0.3, -0.25) is 0 Å². The van der Waals surface area contributed by atoms with Gasteiger partial charge >= 0.3 is 0 Å². The number of hydrogen-bond acceptors (Lipinski definition) is 3. The van der Waals surface area contributed by atoms with Gasteiger partial charge in [-0.1, -0.05) is 52.3 Å². The Morgan fingerprint density at radius 2 is 1.87 bits per heavy atom. The lowest BCUT2D eigenvalue weighted by Gasteiger charge is -1.96. The SMILES string of the molecule is CSc1onc(-c2ccc(Cl)cc2)c1Cl. The number of hydrogen-bond donors (Lipinski definition) is 0. The van der Waals surface area contributed by atoms with Gasteiger partial charge in [0.15, 0.2) is 0 Å². The van der Waals surface area contributed by atoms with Crippen LogP contribution in [0.15, 0.2) is 33.9 Å². The van der Waals surface area contributed by atoms with E-state index in [9.17, 15) is 0 Å². The zero-order valence-corrected chi connectivity index (χ0v) is 10.2. The molecule has 5 heteroatoms. The van der Waals surface area contributed by atoms with E-state index in [1.54, 1.807) is 12.1 Å². The fourth-order valence-corrected chi connectivity index (χ4v) is 2.10. The molecule has 2 rings (SSSR count). The molecular formula is C10H7Cl2NOS. The van der Waals surface area contributed by atoms with E-state index in [0.717, 1.165) is 5.56 Å². The van der Waals surface area contributed by atoms with Gasteiger partial charge in [-0.15, -0.1) is 0 Å². The molecule has 0 saturated carbocycles. The summed E-state index contributed by atoms with van der Waals surface area (Å²) in [5.41, 5.74) is 1.55. The van der Waals surface area contributed by atoms with Gasteiger partial charge in [-0.2, -0.15) is 0 Å². The molecule has 0 radical (unpaired) electrons. The van der Waals surface area contributed by atoms with Crippen molar-refractivity contribution in [2.75, 3.05) is 6.26 Å². The predicted molar refractivity (Wildman–Crippen MR) is 63.7 cm³/mol. The molecule has 2 aromatic rings. The van der Waals surface area contributed by atoms with Crippen molar-refractivity contribution < 1.29 is 4.52 Å². The zero-order chi connectivity index (χ0) is 10.8. The first-order valence-corrected chi connectivity index (χ1v) is 6.15. The normalized spacial score (nSPS) is 10.6. The summed E-state index contributed by atoms with van der Waals surface area (Å²) in [5.74, 6) is 0. The second kappa shape index (κ2) is 4.47. The summed E-state index contributed by atoms with van der Waals surface area (Å²) in [6, 6.07) is 7.30. The molecule has 0 aliphatic heterocycles. The average Bonchev–Trinajstić information content (AvgIpc) is 2.61. The maximum absolute atomic E-state index is 6.09. The van der Waals surface area contributed by atoms with Gasteiger partial charge in [-0.05, 0) is 18.4 Å². The summed E-state index contributed by atoms with van der Waals surface area (Å²) in [5, 5.41) is 5.77. The molecule has 1 heterocycles. The van der Waals surface area contributed by atoms with E-state index in [1.165, 1.54) is 11.8 Å². The van der Waals surface area contributed by atoms with Crippen LogP contribution in [0.4, 0.5) is 0 Å². The minimum atomic E-state index is 0.546. The highest BCUT2D eigenvalue weighted by Crippen LogP contribution is 2.34. The third-order valence-electron chi connectivity index (χ3n) is 1.91. The van der Waals surface area contributed by atoms with Crippen LogP contribution in [0.5, 0.6) is 0 Å². The quantitative estimate of drug-likeness (QED) is 0.750. The van der Waals surface area contributed by atoms with Crippen LogP contribution in [0.3, 0.4) is 0 Å². The molecule has 78 valence electrons. The Balaban J connectivity index is 2.45. The number of thioether (sulfide) groups is 1. The largest absolute Gasteiger partial charge is 0.348 e. The molecule has 0 aliphatic carbocycles. The Morgan fingerprint density at radius 3 is 2.40 bits per heavy atom. The van der Waals surface area contributed by atoms with E-state index in [-0.39, 0.29) is 0 Å². The van der Waals surface area contributed by atoms with E-state index in [0.29, 0.717) is 20.8 Å². The molecule has 0 amide bonds. The number of benzene rings is 1. The van der Waals surface area contributed by atoms with Crippen molar-refractivity contribution in [3.05, 3.63) is 34.3 Å². The maximum atomic E-state index is 6.09. The molecule has 0 atom stereocenters. The van der Waals surface area contributed by atoms with Crippen LogP contribution in [-0.4, -0.2) is 11.4 Å².